The van der Waals surface area contributed by atoms with Gasteiger partial charge in [0.05, 0.1) is 12.2 Å². The van der Waals surface area contributed by atoms with Crippen LogP contribution in [0.4, 0.5) is 0 Å². The topological polar surface area (TPSA) is 75.7 Å². The lowest BCUT2D eigenvalue weighted by Crippen LogP contribution is -2.51. The minimum Gasteiger partial charge on any atom is -0.389 e. The molecule has 1 aliphatic heterocycles. The molecule has 4 heteroatoms. The number of aliphatic hydroxyl groups excluding tert-OH is 2. The summed E-state index contributed by atoms with van der Waals surface area (Å²) in [5.41, 5.74) is 5.47. The second-order valence-electron chi connectivity index (χ2n) is 2.69. The van der Waals surface area contributed by atoms with Crippen molar-refractivity contribution in [3.05, 3.63) is 0 Å². The van der Waals surface area contributed by atoms with Crippen molar-refractivity contribution < 1.29 is 14.9 Å². The van der Waals surface area contributed by atoms with Crippen LogP contribution in [0.5, 0.6) is 0 Å². The van der Waals surface area contributed by atoms with Gasteiger partial charge in [-0.25, -0.2) is 0 Å². The smallest absolute Gasteiger partial charge is 0.156 e. The van der Waals surface area contributed by atoms with Crippen molar-refractivity contribution in [2.75, 3.05) is 0 Å². The summed E-state index contributed by atoms with van der Waals surface area (Å²) in [5.74, 6) is 0. The van der Waals surface area contributed by atoms with Crippen molar-refractivity contribution >= 4 is 0 Å². The largest absolute Gasteiger partial charge is 0.389 e. The van der Waals surface area contributed by atoms with Gasteiger partial charge in [0, 0.05) is 12.5 Å². The standard InChI is InChI=1S/C6H13NO3/c1-3-6(9)4(7)2-5(8)10-3/h3-6,8-9H,2,7H2,1H3/t3?,4-,5+,6-/m0/s1. The molecule has 0 saturated carbocycles. The van der Waals surface area contributed by atoms with Crippen LogP contribution in [0.2, 0.25) is 0 Å². The Morgan fingerprint density at radius 1 is 1.50 bits per heavy atom. The number of ether oxygens (including phenoxy) is 1. The first-order valence-electron chi connectivity index (χ1n) is 3.38. The van der Waals surface area contributed by atoms with E-state index in [2.05, 4.69) is 0 Å². The van der Waals surface area contributed by atoms with Gasteiger partial charge in [0.2, 0.25) is 0 Å². The first kappa shape index (κ1) is 7.94. The van der Waals surface area contributed by atoms with E-state index in [-0.39, 0.29) is 12.1 Å². The maximum absolute atomic E-state index is 9.20. The van der Waals surface area contributed by atoms with Crippen molar-refractivity contribution in [2.45, 2.75) is 37.9 Å². The molecule has 0 aromatic carbocycles. The van der Waals surface area contributed by atoms with E-state index < -0.39 is 12.4 Å². The molecule has 0 bridgehead atoms. The second kappa shape index (κ2) is 2.84. The Hall–Kier alpha value is -0.160. The van der Waals surface area contributed by atoms with E-state index in [1.807, 2.05) is 0 Å². The highest BCUT2D eigenvalue weighted by Gasteiger charge is 2.31. The molecular weight excluding hydrogens is 134 g/mol. The molecule has 0 radical (unpaired) electrons. The van der Waals surface area contributed by atoms with Crippen LogP contribution in [-0.4, -0.2) is 34.8 Å². The van der Waals surface area contributed by atoms with E-state index in [1.54, 1.807) is 6.92 Å². The predicted molar refractivity (Wildman–Crippen MR) is 35.2 cm³/mol. The fourth-order valence-electron chi connectivity index (χ4n) is 1.10. The van der Waals surface area contributed by atoms with Crippen LogP contribution in [0.3, 0.4) is 0 Å². The third-order valence-corrected chi connectivity index (χ3v) is 1.77. The number of rotatable bonds is 0. The van der Waals surface area contributed by atoms with Crippen LogP contribution in [-0.2, 0) is 4.74 Å². The number of hydrogen-bond donors (Lipinski definition) is 3. The van der Waals surface area contributed by atoms with Gasteiger partial charge < -0.3 is 20.7 Å². The molecule has 60 valence electrons. The van der Waals surface area contributed by atoms with Gasteiger partial charge in [0.1, 0.15) is 0 Å². The lowest BCUT2D eigenvalue weighted by molar-refractivity contribution is -0.198. The van der Waals surface area contributed by atoms with Crippen LogP contribution in [0.25, 0.3) is 0 Å². The van der Waals surface area contributed by atoms with Gasteiger partial charge in [-0.15, -0.1) is 0 Å². The summed E-state index contributed by atoms with van der Waals surface area (Å²) in [7, 11) is 0. The Labute approximate surface area is 59.6 Å². The molecule has 1 aliphatic rings. The molecule has 4 atom stereocenters. The van der Waals surface area contributed by atoms with E-state index in [1.165, 1.54) is 0 Å². The summed E-state index contributed by atoms with van der Waals surface area (Å²) >= 11 is 0. The van der Waals surface area contributed by atoms with E-state index >= 15 is 0 Å². The van der Waals surface area contributed by atoms with Crippen LogP contribution in [0.1, 0.15) is 13.3 Å². The van der Waals surface area contributed by atoms with Crippen molar-refractivity contribution in [1.82, 2.24) is 0 Å². The summed E-state index contributed by atoms with van der Waals surface area (Å²) in [5, 5.41) is 18.2. The molecule has 1 unspecified atom stereocenters. The van der Waals surface area contributed by atoms with Gasteiger partial charge in [0.25, 0.3) is 0 Å². The molecule has 1 fully saturated rings. The molecule has 10 heavy (non-hydrogen) atoms. The van der Waals surface area contributed by atoms with Gasteiger partial charge >= 0.3 is 0 Å². The molecule has 1 saturated heterocycles. The molecule has 4 N–H and O–H groups in total. The first-order valence-corrected chi connectivity index (χ1v) is 3.38. The number of hydrogen-bond acceptors (Lipinski definition) is 4. The third-order valence-electron chi connectivity index (χ3n) is 1.77. The molecular formula is C6H13NO3. The quantitative estimate of drug-likeness (QED) is 0.402. The normalized spacial score (nSPS) is 49.2. The minimum absolute atomic E-state index is 0.311. The lowest BCUT2D eigenvalue weighted by atomic mass is 10.0. The fourth-order valence-corrected chi connectivity index (χ4v) is 1.10. The molecule has 1 rings (SSSR count). The zero-order valence-electron chi connectivity index (χ0n) is 5.90. The Morgan fingerprint density at radius 2 is 2.10 bits per heavy atom. The van der Waals surface area contributed by atoms with Crippen LogP contribution in [0, 0.1) is 0 Å². The van der Waals surface area contributed by atoms with Crippen LogP contribution in [0.15, 0.2) is 0 Å². The number of nitrogens with two attached hydrogens (primary N) is 1. The average molecular weight is 147 g/mol. The predicted octanol–water partition coefficient (Wildman–Crippen LogP) is -1.20. The van der Waals surface area contributed by atoms with Crippen LogP contribution < -0.4 is 5.73 Å². The molecule has 0 aromatic heterocycles. The fraction of sp³-hybridized carbons (Fsp3) is 1.00. The maximum Gasteiger partial charge on any atom is 0.156 e. The summed E-state index contributed by atoms with van der Waals surface area (Å²) in [6.45, 7) is 1.69. The zero-order chi connectivity index (χ0) is 7.72. The Balaban J connectivity index is 2.49. The first-order chi connectivity index (χ1) is 4.61. The van der Waals surface area contributed by atoms with E-state index in [0.29, 0.717) is 6.42 Å². The minimum atomic E-state index is -0.812. The summed E-state index contributed by atoms with van der Waals surface area (Å²) < 4.78 is 4.89. The van der Waals surface area contributed by atoms with Crippen molar-refractivity contribution in [1.29, 1.82) is 0 Å². The highest BCUT2D eigenvalue weighted by Crippen LogP contribution is 2.16. The highest BCUT2D eigenvalue weighted by molar-refractivity contribution is 4.82. The molecule has 0 amide bonds. The van der Waals surface area contributed by atoms with Gasteiger partial charge in [-0.05, 0) is 6.92 Å². The Morgan fingerprint density at radius 3 is 2.60 bits per heavy atom. The van der Waals surface area contributed by atoms with E-state index in [9.17, 15) is 5.11 Å². The van der Waals surface area contributed by atoms with Crippen LogP contribution >= 0.6 is 0 Å². The molecule has 0 spiro atoms. The summed E-state index contributed by atoms with van der Waals surface area (Å²) in [4.78, 5) is 0. The summed E-state index contributed by atoms with van der Waals surface area (Å²) in [6, 6.07) is -0.362. The monoisotopic (exact) mass is 147 g/mol. The zero-order valence-corrected chi connectivity index (χ0v) is 5.90. The molecule has 4 nitrogen and oxygen atoms in total. The van der Waals surface area contributed by atoms with E-state index in [0.717, 1.165) is 0 Å². The SMILES string of the molecule is CC1O[C@@H](O)C[C@H](N)[C@H]1O. The van der Waals surface area contributed by atoms with Crippen molar-refractivity contribution in [2.24, 2.45) is 5.73 Å². The lowest BCUT2D eigenvalue weighted by Gasteiger charge is -2.33. The highest BCUT2D eigenvalue weighted by atomic mass is 16.6. The molecule has 0 aromatic rings. The van der Waals surface area contributed by atoms with Crippen molar-refractivity contribution in [3.8, 4) is 0 Å². The van der Waals surface area contributed by atoms with Gasteiger partial charge in [-0.3, -0.25) is 0 Å². The van der Waals surface area contributed by atoms with Gasteiger partial charge in [-0.2, -0.15) is 0 Å². The summed E-state index contributed by atoms with van der Waals surface area (Å²) in [6.07, 6.45) is -1.51. The van der Waals surface area contributed by atoms with Crippen molar-refractivity contribution in [3.63, 3.8) is 0 Å². The molecule has 0 aliphatic carbocycles. The van der Waals surface area contributed by atoms with E-state index in [4.69, 9.17) is 15.6 Å². The number of aliphatic hydroxyl groups is 2. The van der Waals surface area contributed by atoms with Gasteiger partial charge in [-0.1, -0.05) is 0 Å². The third kappa shape index (κ3) is 1.46. The Bertz CT molecular complexity index is 108. The average Bonchev–Trinajstić information content (AvgIpc) is 1.82. The van der Waals surface area contributed by atoms with Gasteiger partial charge in [0.15, 0.2) is 6.29 Å². The maximum atomic E-state index is 9.20. The Kier molecular flexibility index (Phi) is 2.25. The second-order valence-corrected chi connectivity index (χ2v) is 2.69. The molecule has 1 heterocycles.